The molecule has 0 atom stereocenters. The van der Waals surface area contributed by atoms with E-state index in [1.807, 2.05) is 59.3 Å². The molecule has 0 saturated heterocycles. The second-order valence-electron chi connectivity index (χ2n) is 9.02. The molecule has 0 aliphatic rings. The quantitative estimate of drug-likeness (QED) is 0.187. The van der Waals surface area contributed by atoms with E-state index in [0.717, 1.165) is 43.1 Å². The molecule has 0 fully saturated rings. The van der Waals surface area contributed by atoms with Gasteiger partial charge in [0.15, 0.2) is 0 Å². The Morgan fingerprint density at radius 1 is 0.865 bits per heavy atom. The van der Waals surface area contributed by atoms with Gasteiger partial charge < -0.3 is 5.11 Å². The van der Waals surface area contributed by atoms with Crippen molar-refractivity contribution in [1.29, 1.82) is 0 Å². The van der Waals surface area contributed by atoms with E-state index in [2.05, 4.69) is 61.3 Å². The Kier molecular flexibility index (Phi) is 7.19. The third-order valence-corrected chi connectivity index (χ3v) is 7.22. The van der Waals surface area contributed by atoms with Gasteiger partial charge in [-0.2, -0.15) is 0 Å². The molecule has 6 aromatic rings. The van der Waals surface area contributed by atoms with Gasteiger partial charge in [0, 0.05) is 38.0 Å². The first-order valence-electron chi connectivity index (χ1n) is 11.9. The Hall–Kier alpha value is -3.40. The predicted octanol–water partition coefficient (Wildman–Crippen LogP) is 8.02. The van der Waals surface area contributed by atoms with Gasteiger partial charge in [-0.15, -0.1) is 29.8 Å². The van der Waals surface area contributed by atoms with Crippen molar-refractivity contribution in [3.63, 3.8) is 0 Å². The average Bonchev–Trinajstić information content (AvgIpc) is 3.23. The second-order valence-corrected chi connectivity index (χ2v) is 10.1. The van der Waals surface area contributed by atoms with E-state index in [1.54, 1.807) is 17.8 Å². The largest absolute Gasteiger partial charge is 0.506 e. The van der Waals surface area contributed by atoms with Crippen LogP contribution >= 0.6 is 11.8 Å². The molecular formula is C31H24N3OPtS-. The minimum Gasteiger partial charge on any atom is -0.506 e. The Morgan fingerprint density at radius 2 is 1.68 bits per heavy atom. The van der Waals surface area contributed by atoms with E-state index >= 15 is 0 Å². The first kappa shape index (κ1) is 25.3. The molecule has 37 heavy (non-hydrogen) atoms. The number of pyridine rings is 2. The molecule has 0 unspecified atom stereocenters. The van der Waals surface area contributed by atoms with Crippen LogP contribution in [0, 0.1) is 6.07 Å². The number of nitrogens with zero attached hydrogens (tertiary/aromatic N) is 3. The summed E-state index contributed by atoms with van der Waals surface area (Å²) in [6.07, 6.45) is 1.87. The van der Waals surface area contributed by atoms with Crippen molar-refractivity contribution in [3.8, 4) is 22.7 Å². The van der Waals surface area contributed by atoms with Gasteiger partial charge in [-0.3, -0.25) is 9.55 Å². The minimum atomic E-state index is 0. The molecule has 4 nitrogen and oxygen atoms in total. The molecule has 0 saturated carbocycles. The molecule has 1 N–H and O–H groups in total. The fourth-order valence-electron chi connectivity index (χ4n) is 4.50. The number of hydrogen-bond acceptors (Lipinski definition) is 4. The van der Waals surface area contributed by atoms with Gasteiger partial charge in [-0.25, -0.2) is 4.98 Å². The van der Waals surface area contributed by atoms with Gasteiger partial charge in [0.1, 0.15) is 11.4 Å². The van der Waals surface area contributed by atoms with Crippen molar-refractivity contribution in [2.75, 3.05) is 0 Å². The van der Waals surface area contributed by atoms with Gasteiger partial charge in [-0.1, -0.05) is 73.0 Å². The topological polar surface area (TPSA) is 50.9 Å². The SMILES string of the molecule is CC(C)c1ccnc(Sc2[c-]c(-c3ccc4c5ccccc5n(-c5ccccc5O)c4n3)ccc2)c1.[Pt]. The molecule has 0 spiro atoms. The van der Waals surface area contributed by atoms with Crippen molar-refractivity contribution in [2.45, 2.75) is 29.7 Å². The number of aromatic nitrogens is 3. The van der Waals surface area contributed by atoms with Crippen LogP contribution in [0.15, 0.2) is 107 Å². The molecule has 3 aromatic carbocycles. The molecule has 0 aliphatic carbocycles. The third kappa shape index (κ3) is 4.82. The van der Waals surface area contributed by atoms with Crippen molar-refractivity contribution >= 4 is 33.7 Å². The number of hydrogen-bond donors (Lipinski definition) is 1. The van der Waals surface area contributed by atoms with Crippen LogP contribution in [0.25, 0.3) is 38.9 Å². The van der Waals surface area contributed by atoms with Gasteiger partial charge >= 0.3 is 0 Å². The van der Waals surface area contributed by atoms with Gasteiger partial charge in [0.2, 0.25) is 0 Å². The monoisotopic (exact) mass is 681 g/mol. The van der Waals surface area contributed by atoms with E-state index in [-0.39, 0.29) is 26.8 Å². The summed E-state index contributed by atoms with van der Waals surface area (Å²) < 4.78 is 2.03. The van der Waals surface area contributed by atoms with Crippen LogP contribution in [0.5, 0.6) is 5.75 Å². The molecule has 0 amide bonds. The van der Waals surface area contributed by atoms with Gasteiger partial charge in [0.25, 0.3) is 0 Å². The van der Waals surface area contributed by atoms with Gasteiger partial charge in [0.05, 0.1) is 16.2 Å². The van der Waals surface area contributed by atoms with Crippen molar-refractivity contribution in [2.24, 2.45) is 0 Å². The van der Waals surface area contributed by atoms with Crippen molar-refractivity contribution in [1.82, 2.24) is 14.5 Å². The fourth-order valence-corrected chi connectivity index (χ4v) is 5.34. The standard InChI is InChI=1S/C31H24N3OS.Pt/c1-20(2)21-16-17-32-30(19-21)36-23-9-7-8-22(18-23)26-15-14-25-24-10-3-4-11-27(24)34(31(25)33-26)28-12-5-6-13-29(28)35;/h3-17,19-20,35H,1-2H3;/q-1;. The van der Waals surface area contributed by atoms with E-state index in [4.69, 9.17) is 4.98 Å². The maximum Gasteiger partial charge on any atom is 0.139 e. The van der Waals surface area contributed by atoms with Crippen LogP contribution in [0.4, 0.5) is 0 Å². The second kappa shape index (κ2) is 10.5. The summed E-state index contributed by atoms with van der Waals surface area (Å²) in [5.41, 5.74) is 5.52. The Labute approximate surface area is 234 Å². The number of benzene rings is 3. The van der Waals surface area contributed by atoms with Crippen LogP contribution < -0.4 is 0 Å². The zero-order valence-corrected chi connectivity index (χ0v) is 23.4. The first-order chi connectivity index (χ1) is 17.6. The van der Waals surface area contributed by atoms with Crippen LogP contribution in [-0.2, 0) is 21.1 Å². The molecule has 6 rings (SSSR count). The average molecular weight is 682 g/mol. The maximum absolute atomic E-state index is 10.7. The smallest absolute Gasteiger partial charge is 0.139 e. The normalized spacial score (nSPS) is 11.2. The number of phenols is 1. The third-order valence-electron chi connectivity index (χ3n) is 6.33. The zero-order valence-electron chi connectivity index (χ0n) is 20.3. The van der Waals surface area contributed by atoms with Crippen LogP contribution in [0.1, 0.15) is 25.3 Å². The molecular weight excluding hydrogens is 658 g/mol. The minimum absolute atomic E-state index is 0. The van der Waals surface area contributed by atoms with E-state index in [9.17, 15) is 5.11 Å². The van der Waals surface area contributed by atoms with E-state index < -0.39 is 0 Å². The number of rotatable bonds is 5. The molecule has 6 heteroatoms. The molecule has 0 bridgehead atoms. The van der Waals surface area contributed by atoms with Crippen LogP contribution in [-0.4, -0.2) is 19.6 Å². The summed E-state index contributed by atoms with van der Waals surface area (Å²) in [5.74, 6) is 0.669. The summed E-state index contributed by atoms with van der Waals surface area (Å²) in [5, 5.41) is 13.7. The summed E-state index contributed by atoms with van der Waals surface area (Å²) in [6.45, 7) is 4.37. The predicted molar refractivity (Wildman–Crippen MR) is 147 cm³/mol. The number of para-hydroxylation sites is 3. The summed E-state index contributed by atoms with van der Waals surface area (Å²) in [7, 11) is 0. The van der Waals surface area contributed by atoms with Crippen molar-refractivity contribution in [3.05, 3.63) is 109 Å². The number of phenolic OH excluding ortho intramolecular Hbond substituents is 1. The Bertz CT molecular complexity index is 1730. The Balaban J connectivity index is 0.00000280. The van der Waals surface area contributed by atoms with Crippen LogP contribution in [0.3, 0.4) is 0 Å². The summed E-state index contributed by atoms with van der Waals surface area (Å²) in [4.78, 5) is 10.6. The van der Waals surface area contributed by atoms with Crippen molar-refractivity contribution < 1.29 is 26.2 Å². The Morgan fingerprint density at radius 3 is 2.51 bits per heavy atom. The van der Waals surface area contributed by atoms with Crippen LogP contribution in [0.2, 0.25) is 0 Å². The first-order valence-corrected chi connectivity index (χ1v) is 12.8. The number of fused-ring (bicyclic) bond motifs is 3. The fraction of sp³-hybridized carbons (Fsp3) is 0.0968. The number of aromatic hydroxyl groups is 1. The molecule has 3 aromatic heterocycles. The van der Waals surface area contributed by atoms with E-state index in [1.165, 1.54) is 5.56 Å². The molecule has 0 aliphatic heterocycles. The molecule has 0 radical (unpaired) electrons. The summed E-state index contributed by atoms with van der Waals surface area (Å²) >= 11 is 1.60. The maximum atomic E-state index is 10.7. The van der Waals surface area contributed by atoms with Gasteiger partial charge in [-0.05, 0) is 47.5 Å². The molecule has 186 valence electrons. The summed E-state index contributed by atoms with van der Waals surface area (Å²) in [6, 6.07) is 33.6. The van der Waals surface area contributed by atoms with E-state index in [0.29, 0.717) is 11.6 Å². The molecule has 3 heterocycles. The zero-order chi connectivity index (χ0) is 24.6.